The van der Waals surface area contributed by atoms with Crippen molar-refractivity contribution >= 4 is 35.0 Å². The van der Waals surface area contributed by atoms with E-state index in [-0.39, 0.29) is 11.2 Å². The molecule has 1 amide bonds. The van der Waals surface area contributed by atoms with Crippen molar-refractivity contribution in [3.05, 3.63) is 58.9 Å². The third kappa shape index (κ3) is 3.59. The van der Waals surface area contributed by atoms with Crippen LogP contribution < -0.4 is 10.1 Å². The van der Waals surface area contributed by atoms with Crippen LogP contribution in [-0.4, -0.2) is 33.0 Å². The molecule has 1 aromatic heterocycles. The number of nitrogens with zero attached hydrogens (tertiary/aromatic N) is 3. The monoisotopic (exact) mass is 414 g/mol. The number of halogens is 1. The lowest BCUT2D eigenvalue weighted by molar-refractivity contribution is -0.115. The number of aromatic nitrogens is 3. The predicted molar refractivity (Wildman–Crippen MR) is 111 cm³/mol. The lowest BCUT2D eigenvalue weighted by atomic mass is 10.1. The van der Waals surface area contributed by atoms with E-state index in [1.54, 1.807) is 19.2 Å². The maximum Gasteiger partial charge on any atom is 0.237 e. The first kappa shape index (κ1) is 18.8. The lowest BCUT2D eigenvalue weighted by Gasteiger charge is -2.16. The SMILES string of the molecule is COc1ccc(Cl)cc1-n1c(C)nnc1S[C@H]1CCc2ccccc2NC1=O. The molecule has 4 rings (SSSR count). The molecule has 0 aliphatic carbocycles. The van der Waals surface area contributed by atoms with Gasteiger partial charge in [0.1, 0.15) is 11.6 Å². The highest BCUT2D eigenvalue weighted by molar-refractivity contribution is 8.00. The minimum absolute atomic E-state index is 0.0276. The summed E-state index contributed by atoms with van der Waals surface area (Å²) < 4.78 is 7.36. The molecule has 1 N–H and O–H groups in total. The summed E-state index contributed by atoms with van der Waals surface area (Å²) in [7, 11) is 1.61. The number of thioether (sulfide) groups is 1. The maximum absolute atomic E-state index is 12.8. The van der Waals surface area contributed by atoms with Crippen LogP contribution in [0.25, 0.3) is 5.69 Å². The van der Waals surface area contributed by atoms with Gasteiger partial charge in [-0.2, -0.15) is 0 Å². The Bertz CT molecular complexity index is 1040. The maximum atomic E-state index is 12.8. The summed E-state index contributed by atoms with van der Waals surface area (Å²) in [6, 6.07) is 13.3. The molecule has 144 valence electrons. The number of nitrogens with one attached hydrogen (secondary N) is 1. The van der Waals surface area contributed by atoms with E-state index in [1.165, 1.54) is 11.8 Å². The van der Waals surface area contributed by atoms with E-state index >= 15 is 0 Å². The average Bonchev–Trinajstić information content (AvgIpc) is 2.97. The molecule has 0 radical (unpaired) electrons. The van der Waals surface area contributed by atoms with Crippen molar-refractivity contribution in [1.29, 1.82) is 0 Å². The molecule has 1 atom stereocenters. The first-order valence-electron chi connectivity index (χ1n) is 8.88. The summed E-state index contributed by atoms with van der Waals surface area (Å²) in [5, 5.41) is 12.5. The minimum Gasteiger partial charge on any atom is -0.495 e. The van der Waals surface area contributed by atoms with E-state index in [1.807, 2.05) is 41.8 Å². The van der Waals surface area contributed by atoms with Crippen molar-refractivity contribution in [3.8, 4) is 11.4 Å². The van der Waals surface area contributed by atoms with E-state index in [0.29, 0.717) is 28.2 Å². The molecular formula is C20H19ClN4O2S. The molecule has 6 nitrogen and oxygen atoms in total. The summed E-state index contributed by atoms with van der Waals surface area (Å²) in [5.74, 6) is 1.33. The normalized spacial score (nSPS) is 16.2. The zero-order valence-corrected chi connectivity index (χ0v) is 17.0. The van der Waals surface area contributed by atoms with Crippen LogP contribution in [0.5, 0.6) is 5.75 Å². The van der Waals surface area contributed by atoms with Crippen molar-refractivity contribution in [2.24, 2.45) is 0 Å². The Morgan fingerprint density at radius 3 is 2.89 bits per heavy atom. The highest BCUT2D eigenvalue weighted by Gasteiger charge is 2.27. The number of para-hydroxylation sites is 1. The van der Waals surface area contributed by atoms with Crippen LogP contribution >= 0.6 is 23.4 Å². The number of ether oxygens (including phenoxy) is 1. The number of carbonyl (C=O) groups is 1. The third-order valence-electron chi connectivity index (χ3n) is 4.67. The lowest BCUT2D eigenvalue weighted by Crippen LogP contribution is -2.24. The van der Waals surface area contributed by atoms with Gasteiger partial charge in [0.2, 0.25) is 5.91 Å². The number of anilines is 1. The highest BCUT2D eigenvalue weighted by atomic mass is 35.5. The number of benzene rings is 2. The number of rotatable bonds is 4. The minimum atomic E-state index is -0.278. The summed E-state index contributed by atoms with van der Waals surface area (Å²) in [5.41, 5.74) is 2.77. The fourth-order valence-corrected chi connectivity index (χ4v) is 4.51. The van der Waals surface area contributed by atoms with Crippen LogP contribution in [0.3, 0.4) is 0 Å². The molecule has 1 aliphatic heterocycles. The zero-order chi connectivity index (χ0) is 19.7. The van der Waals surface area contributed by atoms with Crippen LogP contribution in [0.4, 0.5) is 5.69 Å². The standard InChI is InChI=1S/C20H19ClN4O2S/c1-12-23-24-20(25(12)16-11-14(21)8-9-17(16)27-2)28-18-10-7-13-5-3-4-6-15(13)22-19(18)26/h3-6,8-9,11,18H,7,10H2,1-2H3,(H,22,26)/t18-/m0/s1. The molecule has 0 saturated heterocycles. The fraction of sp³-hybridized carbons (Fsp3) is 0.250. The number of hydrogen-bond acceptors (Lipinski definition) is 5. The first-order chi connectivity index (χ1) is 13.6. The number of fused-ring (bicyclic) bond motifs is 1. The van der Waals surface area contributed by atoms with Crippen molar-refractivity contribution in [2.75, 3.05) is 12.4 Å². The quantitative estimate of drug-likeness (QED) is 0.689. The first-order valence-corrected chi connectivity index (χ1v) is 10.1. The van der Waals surface area contributed by atoms with Gasteiger partial charge >= 0.3 is 0 Å². The van der Waals surface area contributed by atoms with Crippen molar-refractivity contribution < 1.29 is 9.53 Å². The van der Waals surface area contributed by atoms with E-state index in [9.17, 15) is 4.79 Å². The van der Waals surface area contributed by atoms with Gasteiger partial charge in [0.15, 0.2) is 5.16 Å². The topological polar surface area (TPSA) is 69.0 Å². The van der Waals surface area contributed by atoms with Crippen LogP contribution in [0.1, 0.15) is 17.8 Å². The summed E-state index contributed by atoms with van der Waals surface area (Å²) in [6.07, 6.45) is 1.53. The molecule has 0 unspecified atom stereocenters. The van der Waals surface area contributed by atoms with Crippen molar-refractivity contribution in [3.63, 3.8) is 0 Å². The van der Waals surface area contributed by atoms with Gasteiger partial charge in [0.05, 0.1) is 18.0 Å². The number of aryl methyl sites for hydroxylation is 2. The van der Waals surface area contributed by atoms with Crippen molar-refractivity contribution in [2.45, 2.75) is 30.2 Å². The molecule has 1 aliphatic rings. The molecule has 28 heavy (non-hydrogen) atoms. The van der Waals surface area contributed by atoms with Gasteiger partial charge in [-0.15, -0.1) is 10.2 Å². The van der Waals surface area contributed by atoms with Gasteiger partial charge in [0.25, 0.3) is 0 Å². The molecule has 3 aromatic rings. The summed E-state index contributed by atoms with van der Waals surface area (Å²) >= 11 is 7.61. The molecule has 0 spiro atoms. The molecule has 0 bridgehead atoms. The number of amides is 1. The number of carbonyl (C=O) groups excluding carboxylic acids is 1. The Morgan fingerprint density at radius 1 is 1.25 bits per heavy atom. The Morgan fingerprint density at radius 2 is 2.07 bits per heavy atom. The Kier molecular flexibility index (Phi) is 5.28. The number of hydrogen-bond donors (Lipinski definition) is 1. The fourth-order valence-electron chi connectivity index (χ4n) is 3.27. The molecule has 2 aromatic carbocycles. The van der Waals surface area contributed by atoms with Gasteiger partial charge in [-0.3, -0.25) is 9.36 Å². The predicted octanol–water partition coefficient (Wildman–Crippen LogP) is 4.28. The van der Waals surface area contributed by atoms with Crippen LogP contribution in [0.15, 0.2) is 47.6 Å². The summed E-state index contributed by atoms with van der Waals surface area (Å²) in [4.78, 5) is 12.8. The average molecular weight is 415 g/mol. The van der Waals surface area contributed by atoms with E-state index < -0.39 is 0 Å². The van der Waals surface area contributed by atoms with Crippen molar-refractivity contribution in [1.82, 2.24) is 14.8 Å². The van der Waals surface area contributed by atoms with Crippen LogP contribution in [0.2, 0.25) is 5.02 Å². The molecule has 2 heterocycles. The second-order valence-electron chi connectivity index (χ2n) is 6.47. The second kappa shape index (κ2) is 7.85. The van der Waals surface area contributed by atoms with Gasteiger partial charge in [-0.05, 0) is 49.6 Å². The smallest absolute Gasteiger partial charge is 0.237 e. The second-order valence-corrected chi connectivity index (χ2v) is 8.08. The van der Waals surface area contributed by atoms with Crippen LogP contribution in [0, 0.1) is 6.92 Å². The van der Waals surface area contributed by atoms with Gasteiger partial charge in [0, 0.05) is 10.7 Å². The van der Waals surface area contributed by atoms with E-state index in [0.717, 1.165) is 23.4 Å². The zero-order valence-electron chi connectivity index (χ0n) is 15.5. The largest absolute Gasteiger partial charge is 0.495 e. The van der Waals surface area contributed by atoms with E-state index in [2.05, 4.69) is 15.5 Å². The molecule has 0 fully saturated rings. The van der Waals surface area contributed by atoms with Crippen LogP contribution in [-0.2, 0) is 11.2 Å². The van der Waals surface area contributed by atoms with Gasteiger partial charge < -0.3 is 10.1 Å². The Balaban J connectivity index is 1.66. The Hall–Kier alpha value is -2.51. The molecular weight excluding hydrogens is 396 g/mol. The Labute approximate surface area is 172 Å². The van der Waals surface area contributed by atoms with Gasteiger partial charge in [-0.1, -0.05) is 41.6 Å². The molecule has 8 heteroatoms. The van der Waals surface area contributed by atoms with Gasteiger partial charge in [-0.25, -0.2) is 0 Å². The summed E-state index contributed by atoms with van der Waals surface area (Å²) in [6.45, 7) is 1.86. The van der Waals surface area contributed by atoms with E-state index in [4.69, 9.17) is 16.3 Å². The highest BCUT2D eigenvalue weighted by Crippen LogP contribution is 2.35. The molecule has 0 saturated carbocycles. The third-order valence-corrected chi connectivity index (χ3v) is 6.11. The number of methoxy groups -OCH3 is 1.